The van der Waals surface area contributed by atoms with Crippen LogP contribution in [0.15, 0.2) is 24.3 Å². The maximum absolute atomic E-state index is 12.6. The molecule has 0 spiro atoms. The van der Waals surface area contributed by atoms with Gasteiger partial charge < -0.3 is 26.0 Å². The molecule has 0 aromatic heterocycles. The fraction of sp³-hybridized carbons (Fsp3) is 0.467. The van der Waals surface area contributed by atoms with Crippen molar-refractivity contribution >= 4 is 17.7 Å². The molecule has 0 radical (unpaired) electrons. The van der Waals surface area contributed by atoms with Crippen LogP contribution in [0.2, 0.25) is 0 Å². The van der Waals surface area contributed by atoms with E-state index in [0.717, 1.165) is 18.7 Å². The molecule has 4 N–H and O–H groups in total. The predicted molar refractivity (Wildman–Crippen MR) is 83.6 cm³/mol. The second-order valence-electron chi connectivity index (χ2n) is 5.58. The van der Waals surface area contributed by atoms with Crippen LogP contribution in [0.4, 0.5) is 10.5 Å². The summed E-state index contributed by atoms with van der Waals surface area (Å²) in [6.45, 7) is 2.84. The third-order valence-corrected chi connectivity index (χ3v) is 3.83. The number of nitrogens with one attached hydrogen (secondary N) is 1. The molecular weight excluding hydrogens is 284 g/mol. The van der Waals surface area contributed by atoms with E-state index in [-0.39, 0.29) is 5.91 Å². The van der Waals surface area contributed by atoms with E-state index in [1.54, 1.807) is 17.0 Å². The summed E-state index contributed by atoms with van der Waals surface area (Å²) in [4.78, 5) is 27.4. The molecule has 1 aliphatic heterocycles. The number of rotatable bonds is 4. The Kier molecular flexibility index (Phi) is 5.21. The van der Waals surface area contributed by atoms with Crippen LogP contribution in [0, 0.1) is 0 Å². The number of carbonyl (C=O) groups is 2. The Morgan fingerprint density at radius 3 is 2.36 bits per heavy atom. The molecule has 1 atom stereocenters. The zero-order valence-electron chi connectivity index (χ0n) is 12.7. The lowest BCUT2D eigenvalue weighted by Gasteiger charge is -2.34. The molecule has 0 bridgehead atoms. The number of amides is 2. The lowest BCUT2D eigenvalue weighted by atomic mass is 10.0. The molecule has 1 aromatic carbocycles. The third-order valence-electron chi connectivity index (χ3n) is 3.83. The smallest absolute Gasteiger partial charge is 0.405 e. The van der Waals surface area contributed by atoms with Gasteiger partial charge in [0.1, 0.15) is 6.04 Å². The maximum Gasteiger partial charge on any atom is 0.405 e. The van der Waals surface area contributed by atoms with E-state index in [1.165, 1.54) is 0 Å². The largest absolute Gasteiger partial charge is 0.465 e. The average Bonchev–Trinajstić information content (AvgIpc) is 2.48. The quantitative estimate of drug-likeness (QED) is 0.691. The number of hydrogen-bond donors (Lipinski definition) is 3. The SMILES string of the molecule is CN1CCN(C(=O)C(Cc2ccc(N)cc2)NC(=O)O)CC1. The Morgan fingerprint density at radius 2 is 1.82 bits per heavy atom. The van der Waals surface area contributed by atoms with E-state index in [4.69, 9.17) is 10.8 Å². The molecule has 7 heteroatoms. The van der Waals surface area contributed by atoms with E-state index in [2.05, 4.69) is 10.2 Å². The van der Waals surface area contributed by atoms with Gasteiger partial charge in [-0.15, -0.1) is 0 Å². The third kappa shape index (κ3) is 4.36. The Labute approximate surface area is 129 Å². The van der Waals surface area contributed by atoms with Gasteiger partial charge in [0.2, 0.25) is 5.91 Å². The van der Waals surface area contributed by atoms with Crippen molar-refractivity contribution in [3.63, 3.8) is 0 Å². The molecule has 22 heavy (non-hydrogen) atoms. The van der Waals surface area contributed by atoms with Crippen LogP contribution in [-0.4, -0.2) is 66.2 Å². The first-order chi connectivity index (χ1) is 10.5. The van der Waals surface area contributed by atoms with Crippen molar-refractivity contribution in [1.82, 2.24) is 15.1 Å². The van der Waals surface area contributed by atoms with E-state index in [9.17, 15) is 9.59 Å². The highest BCUT2D eigenvalue weighted by Gasteiger charge is 2.28. The predicted octanol–water partition coefficient (Wildman–Crippen LogP) is 0.222. The topological polar surface area (TPSA) is 98.9 Å². The van der Waals surface area contributed by atoms with Gasteiger partial charge in [-0.1, -0.05) is 12.1 Å². The molecule has 1 aromatic rings. The first kappa shape index (κ1) is 16.1. The molecular formula is C15H22N4O3. The number of piperazine rings is 1. The molecule has 7 nitrogen and oxygen atoms in total. The van der Waals surface area contributed by atoms with Crippen LogP contribution in [-0.2, 0) is 11.2 Å². The minimum Gasteiger partial charge on any atom is -0.465 e. The molecule has 2 rings (SSSR count). The summed E-state index contributed by atoms with van der Waals surface area (Å²) in [6, 6.07) is 6.33. The summed E-state index contributed by atoms with van der Waals surface area (Å²) in [5, 5.41) is 11.3. The molecule has 1 fully saturated rings. The number of nitrogens with two attached hydrogens (primary N) is 1. The van der Waals surface area contributed by atoms with Crippen molar-refractivity contribution < 1.29 is 14.7 Å². The molecule has 0 saturated carbocycles. The van der Waals surface area contributed by atoms with Crippen molar-refractivity contribution in [3.05, 3.63) is 29.8 Å². The fourth-order valence-electron chi connectivity index (χ4n) is 2.49. The fourth-order valence-corrected chi connectivity index (χ4v) is 2.49. The van der Waals surface area contributed by atoms with Crippen LogP contribution in [0.25, 0.3) is 0 Å². The number of carbonyl (C=O) groups excluding carboxylic acids is 1. The van der Waals surface area contributed by atoms with Gasteiger partial charge in [0.15, 0.2) is 0 Å². The van der Waals surface area contributed by atoms with Gasteiger partial charge in [0, 0.05) is 38.3 Å². The van der Waals surface area contributed by atoms with Crippen LogP contribution in [0.1, 0.15) is 5.56 Å². The Bertz CT molecular complexity index is 524. The minimum atomic E-state index is -1.19. The highest BCUT2D eigenvalue weighted by atomic mass is 16.4. The number of anilines is 1. The van der Waals surface area contributed by atoms with E-state index >= 15 is 0 Å². The summed E-state index contributed by atoms with van der Waals surface area (Å²) >= 11 is 0. The van der Waals surface area contributed by atoms with Crippen LogP contribution < -0.4 is 11.1 Å². The maximum atomic E-state index is 12.6. The molecule has 1 aliphatic rings. The highest BCUT2D eigenvalue weighted by molar-refractivity contribution is 5.85. The standard InChI is InChI=1S/C15H22N4O3/c1-18-6-8-19(9-7-18)14(20)13(17-15(21)22)10-11-2-4-12(16)5-3-11/h2-5,13,17H,6-10,16H2,1H3,(H,21,22). The van der Waals surface area contributed by atoms with Gasteiger partial charge >= 0.3 is 6.09 Å². The molecule has 0 aliphatic carbocycles. The number of hydrogen-bond acceptors (Lipinski definition) is 4. The van der Waals surface area contributed by atoms with Gasteiger partial charge in [0.05, 0.1) is 0 Å². The van der Waals surface area contributed by atoms with Crippen molar-refractivity contribution in [1.29, 1.82) is 0 Å². The Morgan fingerprint density at radius 1 is 1.23 bits per heavy atom. The summed E-state index contributed by atoms with van der Waals surface area (Å²) < 4.78 is 0. The second-order valence-corrected chi connectivity index (χ2v) is 5.58. The van der Waals surface area contributed by atoms with Crippen LogP contribution >= 0.6 is 0 Å². The van der Waals surface area contributed by atoms with Gasteiger partial charge in [-0.2, -0.15) is 0 Å². The van der Waals surface area contributed by atoms with E-state index in [1.807, 2.05) is 19.2 Å². The van der Waals surface area contributed by atoms with Crippen molar-refractivity contribution in [3.8, 4) is 0 Å². The Balaban J connectivity index is 2.06. The molecule has 1 heterocycles. The number of likely N-dealkylation sites (N-methyl/N-ethyl adjacent to an activating group) is 1. The van der Waals surface area contributed by atoms with Crippen molar-refractivity contribution in [2.24, 2.45) is 0 Å². The van der Waals surface area contributed by atoms with Crippen molar-refractivity contribution in [2.45, 2.75) is 12.5 Å². The zero-order chi connectivity index (χ0) is 16.1. The number of carboxylic acid groups (broad SMARTS) is 1. The summed E-state index contributed by atoms with van der Waals surface area (Å²) in [5.74, 6) is -0.174. The van der Waals surface area contributed by atoms with Crippen LogP contribution in [0.5, 0.6) is 0 Å². The molecule has 1 saturated heterocycles. The monoisotopic (exact) mass is 306 g/mol. The lowest BCUT2D eigenvalue weighted by Crippen LogP contribution is -2.54. The summed E-state index contributed by atoms with van der Waals surface area (Å²) in [6.07, 6.45) is -0.875. The number of nitrogen functional groups attached to an aromatic ring is 1. The Hall–Kier alpha value is -2.28. The zero-order valence-corrected chi connectivity index (χ0v) is 12.7. The summed E-state index contributed by atoms with van der Waals surface area (Å²) in [5.41, 5.74) is 7.15. The minimum absolute atomic E-state index is 0.174. The van der Waals surface area contributed by atoms with Gasteiger partial charge in [-0.05, 0) is 24.7 Å². The second kappa shape index (κ2) is 7.13. The number of benzene rings is 1. The normalized spacial score (nSPS) is 17.0. The molecule has 120 valence electrons. The van der Waals surface area contributed by atoms with Crippen molar-refractivity contribution in [2.75, 3.05) is 39.0 Å². The summed E-state index contributed by atoms with van der Waals surface area (Å²) in [7, 11) is 2.00. The average molecular weight is 306 g/mol. The van der Waals surface area contributed by atoms with Gasteiger partial charge in [-0.3, -0.25) is 4.79 Å². The first-order valence-electron chi connectivity index (χ1n) is 7.27. The van der Waals surface area contributed by atoms with E-state index in [0.29, 0.717) is 25.2 Å². The van der Waals surface area contributed by atoms with Gasteiger partial charge in [-0.25, -0.2) is 4.79 Å². The first-order valence-corrected chi connectivity index (χ1v) is 7.27. The van der Waals surface area contributed by atoms with E-state index < -0.39 is 12.1 Å². The molecule has 2 amide bonds. The van der Waals surface area contributed by atoms with Crippen LogP contribution in [0.3, 0.4) is 0 Å². The number of nitrogens with zero attached hydrogens (tertiary/aromatic N) is 2. The highest BCUT2D eigenvalue weighted by Crippen LogP contribution is 2.11. The van der Waals surface area contributed by atoms with Gasteiger partial charge in [0.25, 0.3) is 0 Å². The molecule has 1 unspecified atom stereocenters. The lowest BCUT2D eigenvalue weighted by molar-refractivity contribution is -0.134.